The summed E-state index contributed by atoms with van der Waals surface area (Å²) < 4.78 is 0. The zero-order chi connectivity index (χ0) is 17.8. The lowest BCUT2D eigenvalue weighted by molar-refractivity contribution is 0.573. The molecule has 2 aliphatic heterocycles. The van der Waals surface area contributed by atoms with Crippen LogP contribution in [-0.4, -0.2) is 37.6 Å². The summed E-state index contributed by atoms with van der Waals surface area (Å²) in [4.78, 5) is 13.8. The Morgan fingerprint density at radius 2 is 1.96 bits per heavy atom. The van der Waals surface area contributed by atoms with Crippen molar-refractivity contribution in [2.45, 2.75) is 32.2 Å². The topological polar surface area (TPSA) is 43.8 Å². The standard InChI is InChI=1S/C21H27N5/c1-22-21(26-14-10-18-7-3-4-8-19(18)26)24-16-17-9-11-23-20(15-17)25-12-5-2-6-13-25/h3-4,7-9,11,15H,2,5-6,10,12-14,16H2,1H3,(H,22,24). The second kappa shape index (κ2) is 7.77. The smallest absolute Gasteiger partial charge is 0.198 e. The fourth-order valence-corrected chi connectivity index (χ4v) is 3.90. The molecule has 1 aromatic carbocycles. The molecule has 1 fully saturated rings. The van der Waals surface area contributed by atoms with Gasteiger partial charge in [-0.05, 0) is 55.0 Å². The van der Waals surface area contributed by atoms with E-state index < -0.39 is 0 Å². The van der Waals surface area contributed by atoms with Gasteiger partial charge < -0.3 is 15.1 Å². The molecular formula is C21H27N5. The van der Waals surface area contributed by atoms with Crippen molar-refractivity contribution in [3.05, 3.63) is 53.7 Å². The summed E-state index contributed by atoms with van der Waals surface area (Å²) in [6, 6.07) is 12.9. The van der Waals surface area contributed by atoms with E-state index in [1.165, 1.54) is 36.1 Å². The van der Waals surface area contributed by atoms with Crippen molar-refractivity contribution in [1.29, 1.82) is 0 Å². The minimum absolute atomic E-state index is 0.759. The van der Waals surface area contributed by atoms with Crippen molar-refractivity contribution in [1.82, 2.24) is 10.3 Å². The maximum absolute atomic E-state index is 4.58. The summed E-state index contributed by atoms with van der Waals surface area (Å²) in [5.41, 5.74) is 3.91. The van der Waals surface area contributed by atoms with Crippen LogP contribution in [0.3, 0.4) is 0 Å². The van der Waals surface area contributed by atoms with Crippen LogP contribution in [0.2, 0.25) is 0 Å². The molecule has 0 bridgehead atoms. The summed E-state index contributed by atoms with van der Waals surface area (Å²) in [6.45, 7) is 3.98. The monoisotopic (exact) mass is 349 g/mol. The number of aliphatic imine (C=N–C) groups is 1. The quantitative estimate of drug-likeness (QED) is 0.683. The van der Waals surface area contributed by atoms with Gasteiger partial charge in [-0.25, -0.2) is 4.98 Å². The van der Waals surface area contributed by atoms with E-state index in [2.05, 4.69) is 61.5 Å². The third kappa shape index (κ3) is 3.52. The van der Waals surface area contributed by atoms with Gasteiger partial charge in [0.2, 0.25) is 0 Å². The minimum atomic E-state index is 0.759. The normalized spacial score (nSPS) is 17.3. The fourth-order valence-electron chi connectivity index (χ4n) is 3.90. The van der Waals surface area contributed by atoms with Gasteiger partial charge in [-0.1, -0.05) is 18.2 Å². The molecule has 26 heavy (non-hydrogen) atoms. The number of fused-ring (bicyclic) bond motifs is 1. The number of para-hydroxylation sites is 1. The van der Waals surface area contributed by atoms with E-state index in [4.69, 9.17) is 0 Å². The number of rotatable bonds is 3. The second-order valence-electron chi connectivity index (χ2n) is 7.00. The predicted octanol–water partition coefficient (Wildman–Crippen LogP) is 3.21. The van der Waals surface area contributed by atoms with Gasteiger partial charge >= 0.3 is 0 Å². The molecule has 0 radical (unpaired) electrons. The van der Waals surface area contributed by atoms with Gasteiger partial charge in [0, 0.05) is 45.1 Å². The first-order valence-electron chi connectivity index (χ1n) is 9.61. The van der Waals surface area contributed by atoms with Crippen LogP contribution in [0.15, 0.2) is 47.6 Å². The molecular weight excluding hydrogens is 322 g/mol. The molecule has 0 spiro atoms. The first-order valence-corrected chi connectivity index (χ1v) is 9.61. The molecule has 136 valence electrons. The van der Waals surface area contributed by atoms with Gasteiger partial charge in [-0.3, -0.25) is 4.99 Å². The van der Waals surface area contributed by atoms with Crippen LogP contribution >= 0.6 is 0 Å². The lowest BCUT2D eigenvalue weighted by Crippen LogP contribution is -2.40. The first-order chi connectivity index (χ1) is 12.8. The highest BCUT2D eigenvalue weighted by Crippen LogP contribution is 2.27. The largest absolute Gasteiger partial charge is 0.357 e. The summed E-state index contributed by atoms with van der Waals surface area (Å²) in [6.07, 6.45) is 6.88. The molecule has 1 N–H and O–H groups in total. The number of hydrogen-bond donors (Lipinski definition) is 1. The van der Waals surface area contributed by atoms with Gasteiger partial charge in [0.1, 0.15) is 5.82 Å². The van der Waals surface area contributed by atoms with E-state index in [0.717, 1.165) is 44.4 Å². The molecule has 3 heterocycles. The van der Waals surface area contributed by atoms with Crippen molar-refractivity contribution in [3.8, 4) is 0 Å². The average Bonchev–Trinajstić information content (AvgIpc) is 3.14. The molecule has 1 saturated heterocycles. The number of hydrogen-bond acceptors (Lipinski definition) is 3. The molecule has 5 heteroatoms. The van der Waals surface area contributed by atoms with E-state index in [1.807, 2.05) is 13.2 Å². The Morgan fingerprint density at radius 1 is 1.12 bits per heavy atom. The van der Waals surface area contributed by atoms with Crippen LogP contribution in [0.25, 0.3) is 0 Å². The number of piperidine rings is 1. The van der Waals surface area contributed by atoms with Crippen LogP contribution in [0.1, 0.15) is 30.4 Å². The zero-order valence-electron chi connectivity index (χ0n) is 15.5. The second-order valence-corrected chi connectivity index (χ2v) is 7.00. The lowest BCUT2D eigenvalue weighted by atomic mass is 10.1. The SMILES string of the molecule is CN=C(NCc1ccnc(N2CCCCC2)c1)N1CCc2ccccc21. The van der Waals surface area contributed by atoms with Gasteiger partial charge in [0.15, 0.2) is 5.96 Å². The summed E-state index contributed by atoms with van der Waals surface area (Å²) in [5, 5.41) is 3.53. The first kappa shape index (κ1) is 16.9. The van der Waals surface area contributed by atoms with Crippen molar-refractivity contribution in [3.63, 3.8) is 0 Å². The number of anilines is 2. The molecule has 4 rings (SSSR count). The van der Waals surface area contributed by atoms with E-state index in [0.29, 0.717) is 0 Å². The van der Waals surface area contributed by atoms with Crippen LogP contribution in [0.4, 0.5) is 11.5 Å². The molecule has 0 atom stereocenters. The Balaban J connectivity index is 1.43. The van der Waals surface area contributed by atoms with E-state index in [-0.39, 0.29) is 0 Å². The molecule has 2 aromatic rings. The zero-order valence-corrected chi connectivity index (χ0v) is 15.5. The number of guanidine groups is 1. The van der Waals surface area contributed by atoms with E-state index in [1.54, 1.807) is 0 Å². The Bertz CT molecular complexity index is 779. The highest BCUT2D eigenvalue weighted by Gasteiger charge is 2.22. The van der Waals surface area contributed by atoms with Gasteiger partial charge in [-0.2, -0.15) is 0 Å². The summed E-state index contributed by atoms with van der Waals surface area (Å²) in [7, 11) is 1.86. The van der Waals surface area contributed by atoms with Gasteiger partial charge in [-0.15, -0.1) is 0 Å². The molecule has 5 nitrogen and oxygen atoms in total. The molecule has 2 aliphatic rings. The Morgan fingerprint density at radius 3 is 2.81 bits per heavy atom. The van der Waals surface area contributed by atoms with E-state index >= 15 is 0 Å². The number of nitrogens with one attached hydrogen (secondary N) is 1. The van der Waals surface area contributed by atoms with Crippen molar-refractivity contribution < 1.29 is 0 Å². The Hall–Kier alpha value is -2.56. The van der Waals surface area contributed by atoms with Gasteiger partial charge in [0.05, 0.1) is 0 Å². The molecule has 1 aromatic heterocycles. The maximum atomic E-state index is 4.58. The third-order valence-electron chi connectivity index (χ3n) is 5.30. The lowest BCUT2D eigenvalue weighted by Gasteiger charge is -2.28. The number of aromatic nitrogens is 1. The summed E-state index contributed by atoms with van der Waals surface area (Å²) >= 11 is 0. The maximum Gasteiger partial charge on any atom is 0.198 e. The number of pyridine rings is 1. The molecule has 0 amide bonds. The molecule has 0 saturated carbocycles. The fraction of sp³-hybridized carbons (Fsp3) is 0.429. The minimum Gasteiger partial charge on any atom is -0.357 e. The van der Waals surface area contributed by atoms with Crippen LogP contribution in [-0.2, 0) is 13.0 Å². The van der Waals surface area contributed by atoms with Crippen LogP contribution in [0, 0.1) is 0 Å². The molecule has 0 aliphatic carbocycles. The highest BCUT2D eigenvalue weighted by atomic mass is 15.3. The van der Waals surface area contributed by atoms with Crippen molar-refractivity contribution in [2.75, 3.05) is 36.5 Å². The number of nitrogens with zero attached hydrogens (tertiary/aromatic N) is 4. The van der Waals surface area contributed by atoms with Gasteiger partial charge in [0.25, 0.3) is 0 Å². The third-order valence-corrected chi connectivity index (χ3v) is 5.30. The Kier molecular flexibility index (Phi) is 5.04. The van der Waals surface area contributed by atoms with E-state index in [9.17, 15) is 0 Å². The Labute approximate surface area is 155 Å². The average molecular weight is 349 g/mol. The number of benzene rings is 1. The van der Waals surface area contributed by atoms with Crippen LogP contribution in [0.5, 0.6) is 0 Å². The predicted molar refractivity (Wildman–Crippen MR) is 108 cm³/mol. The van der Waals surface area contributed by atoms with Crippen LogP contribution < -0.4 is 15.1 Å². The van der Waals surface area contributed by atoms with Crippen molar-refractivity contribution in [2.24, 2.45) is 4.99 Å². The summed E-state index contributed by atoms with van der Waals surface area (Å²) in [5.74, 6) is 2.04. The van der Waals surface area contributed by atoms with Crippen molar-refractivity contribution >= 4 is 17.5 Å². The highest BCUT2D eigenvalue weighted by molar-refractivity contribution is 5.97. The molecule has 0 unspecified atom stereocenters.